The monoisotopic (exact) mass is 477 g/mol. The minimum absolute atomic E-state index is 0.0296. The number of anilines is 1. The second-order valence-electron chi connectivity index (χ2n) is 7.06. The van der Waals surface area contributed by atoms with E-state index in [1.807, 2.05) is 38.4 Å². The zero-order valence-corrected chi connectivity index (χ0v) is 20.5. The van der Waals surface area contributed by atoms with E-state index in [-0.39, 0.29) is 23.8 Å². The molecule has 0 unspecified atom stereocenters. The summed E-state index contributed by atoms with van der Waals surface area (Å²) in [4.78, 5) is 12.5. The van der Waals surface area contributed by atoms with Crippen molar-refractivity contribution in [2.45, 2.75) is 33.1 Å². The van der Waals surface area contributed by atoms with E-state index in [0.717, 1.165) is 23.1 Å². The number of sulfone groups is 1. The SMILES string of the molecule is C=C.CC/C=C(\C=C/CS(=O)(=O)CC)CC(=O)Nc1cc(Cl)cc(Cc2cnn(C)c2)c1. The second kappa shape index (κ2) is 13.7. The predicted molar refractivity (Wildman–Crippen MR) is 134 cm³/mol. The summed E-state index contributed by atoms with van der Waals surface area (Å²) in [6.07, 6.45) is 10.5. The molecular weight excluding hydrogens is 446 g/mol. The molecule has 2 rings (SSSR count). The van der Waals surface area contributed by atoms with Gasteiger partial charge in [0.25, 0.3) is 0 Å². The lowest BCUT2D eigenvalue weighted by atomic mass is 10.1. The van der Waals surface area contributed by atoms with E-state index in [1.54, 1.807) is 36.0 Å². The number of carbonyl (C=O) groups excluding carboxylic acids is 1. The lowest BCUT2D eigenvalue weighted by Crippen LogP contribution is -2.12. The first-order valence-electron chi connectivity index (χ1n) is 10.3. The number of hydrogen-bond donors (Lipinski definition) is 1. The highest BCUT2D eigenvalue weighted by atomic mass is 35.5. The number of carbonyl (C=O) groups is 1. The third kappa shape index (κ3) is 10.1. The fourth-order valence-corrected chi connectivity index (χ4v) is 3.82. The van der Waals surface area contributed by atoms with Crippen molar-refractivity contribution in [3.05, 3.63) is 83.7 Å². The molecule has 0 aliphatic heterocycles. The van der Waals surface area contributed by atoms with Crippen LogP contribution in [0.1, 0.15) is 37.8 Å². The molecule has 0 aliphatic carbocycles. The lowest BCUT2D eigenvalue weighted by molar-refractivity contribution is -0.115. The summed E-state index contributed by atoms with van der Waals surface area (Å²) in [5.41, 5.74) is 3.43. The zero-order valence-electron chi connectivity index (χ0n) is 19.0. The minimum Gasteiger partial charge on any atom is -0.326 e. The summed E-state index contributed by atoms with van der Waals surface area (Å²) in [7, 11) is -1.21. The molecule has 0 aliphatic rings. The average Bonchev–Trinajstić information content (AvgIpc) is 3.13. The number of nitrogens with one attached hydrogen (secondary N) is 1. The first-order chi connectivity index (χ1) is 15.2. The topological polar surface area (TPSA) is 81.1 Å². The van der Waals surface area contributed by atoms with Crippen LogP contribution in [0.5, 0.6) is 0 Å². The normalized spacial score (nSPS) is 11.8. The van der Waals surface area contributed by atoms with Crippen LogP contribution < -0.4 is 5.32 Å². The number of nitrogens with zero attached hydrogens (tertiary/aromatic N) is 2. The molecule has 0 atom stereocenters. The smallest absolute Gasteiger partial charge is 0.228 e. The number of allylic oxidation sites excluding steroid dienone is 2. The van der Waals surface area contributed by atoms with E-state index in [0.29, 0.717) is 17.1 Å². The van der Waals surface area contributed by atoms with Gasteiger partial charge in [-0.1, -0.05) is 43.7 Å². The molecule has 0 saturated heterocycles. The fourth-order valence-electron chi connectivity index (χ4n) is 2.94. The Hall–Kier alpha value is -2.64. The molecule has 8 heteroatoms. The molecule has 1 heterocycles. The molecule has 1 N–H and O–H groups in total. The molecule has 0 fully saturated rings. The van der Waals surface area contributed by atoms with Crippen LogP contribution in [-0.4, -0.2) is 35.6 Å². The van der Waals surface area contributed by atoms with E-state index in [4.69, 9.17) is 11.6 Å². The first-order valence-corrected chi connectivity index (χ1v) is 12.5. The van der Waals surface area contributed by atoms with E-state index < -0.39 is 9.84 Å². The van der Waals surface area contributed by atoms with Crippen LogP contribution in [0.25, 0.3) is 0 Å². The standard InChI is InChI=1S/C22H28ClN3O3S.C2H4/c1-4-7-17(8-6-9-30(28,29)5-2)13-22(27)25-21-12-18(11-20(23)14-21)10-19-15-24-26(3)16-19;1-2/h6-8,11-12,14-16H,4-5,9-10,13H2,1-3H3,(H,25,27);1-2H2/b8-6-,17-7+;. The van der Waals surface area contributed by atoms with Gasteiger partial charge in [-0.05, 0) is 41.3 Å². The van der Waals surface area contributed by atoms with Crippen LogP contribution in [0, 0.1) is 0 Å². The Bertz CT molecular complexity index is 1060. The Morgan fingerprint density at radius 1 is 1.22 bits per heavy atom. The van der Waals surface area contributed by atoms with Gasteiger partial charge in [0.2, 0.25) is 5.91 Å². The molecule has 6 nitrogen and oxygen atoms in total. The third-order valence-corrected chi connectivity index (χ3v) is 6.16. The summed E-state index contributed by atoms with van der Waals surface area (Å²) in [6, 6.07) is 5.46. The molecule has 1 aromatic carbocycles. The third-order valence-electron chi connectivity index (χ3n) is 4.36. The van der Waals surface area contributed by atoms with Gasteiger partial charge in [0.05, 0.1) is 18.4 Å². The van der Waals surface area contributed by atoms with Gasteiger partial charge < -0.3 is 5.32 Å². The maximum atomic E-state index is 12.5. The van der Waals surface area contributed by atoms with Gasteiger partial charge in [0.1, 0.15) is 0 Å². The maximum absolute atomic E-state index is 12.5. The van der Waals surface area contributed by atoms with Crippen molar-refractivity contribution in [3.63, 3.8) is 0 Å². The summed E-state index contributed by atoms with van der Waals surface area (Å²) in [5, 5.41) is 7.59. The van der Waals surface area contributed by atoms with E-state index in [2.05, 4.69) is 23.6 Å². The number of aromatic nitrogens is 2. The van der Waals surface area contributed by atoms with Crippen LogP contribution in [0.4, 0.5) is 5.69 Å². The molecule has 2 aromatic rings. The molecule has 1 amide bonds. The number of aryl methyl sites for hydroxylation is 1. The highest BCUT2D eigenvalue weighted by Gasteiger charge is 2.09. The van der Waals surface area contributed by atoms with Gasteiger partial charge in [0, 0.05) is 36.1 Å². The Kier molecular flexibility index (Phi) is 11.7. The Labute approximate surface area is 196 Å². The quantitative estimate of drug-likeness (QED) is 0.380. The van der Waals surface area contributed by atoms with Crippen LogP contribution >= 0.6 is 11.6 Å². The van der Waals surface area contributed by atoms with Crippen LogP contribution in [0.2, 0.25) is 5.02 Å². The first kappa shape index (κ1) is 27.4. The van der Waals surface area contributed by atoms with Crippen LogP contribution in [0.15, 0.2) is 67.6 Å². The van der Waals surface area contributed by atoms with Crippen molar-refractivity contribution in [1.82, 2.24) is 9.78 Å². The van der Waals surface area contributed by atoms with Crippen LogP contribution in [-0.2, 0) is 28.1 Å². The number of rotatable bonds is 10. The lowest BCUT2D eigenvalue weighted by Gasteiger charge is -2.09. The van der Waals surface area contributed by atoms with Gasteiger partial charge in [0.15, 0.2) is 9.84 Å². The number of halogens is 1. The minimum atomic E-state index is -3.08. The Morgan fingerprint density at radius 3 is 2.53 bits per heavy atom. The number of amides is 1. The van der Waals surface area contributed by atoms with Gasteiger partial charge >= 0.3 is 0 Å². The predicted octanol–water partition coefficient (Wildman–Crippen LogP) is 5.12. The fraction of sp³-hybridized carbons (Fsp3) is 0.333. The summed E-state index contributed by atoms with van der Waals surface area (Å²) in [6.45, 7) is 9.59. The number of benzene rings is 1. The summed E-state index contributed by atoms with van der Waals surface area (Å²) in [5.74, 6) is -0.119. The largest absolute Gasteiger partial charge is 0.326 e. The van der Waals surface area contributed by atoms with E-state index in [1.165, 1.54) is 0 Å². The van der Waals surface area contributed by atoms with Crippen LogP contribution in [0.3, 0.4) is 0 Å². The maximum Gasteiger partial charge on any atom is 0.228 e. The van der Waals surface area contributed by atoms with Crippen molar-refractivity contribution in [1.29, 1.82) is 0 Å². The molecule has 32 heavy (non-hydrogen) atoms. The van der Waals surface area contributed by atoms with Gasteiger partial charge in [-0.3, -0.25) is 9.48 Å². The van der Waals surface area contributed by atoms with Gasteiger partial charge in [-0.25, -0.2) is 8.42 Å². The van der Waals surface area contributed by atoms with Gasteiger partial charge in [-0.2, -0.15) is 5.10 Å². The van der Waals surface area contributed by atoms with E-state index in [9.17, 15) is 13.2 Å². The van der Waals surface area contributed by atoms with E-state index >= 15 is 0 Å². The Balaban J connectivity index is 0.00000249. The second-order valence-corrected chi connectivity index (χ2v) is 9.89. The highest BCUT2D eigenvalue weighted by Crippen LogP contribution is 2.22. The van der Waals surface area contributed by atoms with Crippen molar-refractivity contribution < 1.29 is 13.2 Å². The molecule has 1 aromatic heterocycles. The van der Waals surface area contributed by atoms with Crippen molar-refractivity contribution >= 4 is 33.0 Å². The summed E-state index contributed by atoms with van der Waals surface area (Å²) < 4.78 is 25.0. The van der Waals surface area contributed by atoms with Crippen molar-refractivity contribution in [3.8, 4) is 0 Å². The highest BCUT2D eigenvalue weighted by molar-refractivity contribution is 7.91. The molecular formula is C24H32ClN3O3S. The van der Waals surface area contributed by atoms with Crippen molar-refractivity contribution in [2.24, 2.45) is 7.05 Å². The summed E-state index contributed by atoms with van der Waals surface area (Å²) >= 11 is 6.23. The number of hydrogen-bond acceptors (Lipinski definition) is 4. The average molecular weight is 478 g/mol. The Morgan fingerprint density at radius 2 is 1.94 bits per heavy atom. The molecule has 0 bridgehead atoms. The molecule has 0 radical (unpaired) electrons. The molecule has 0 spiro atoms. The molecule has 174 valence electrons. The van der Waals surface area contributed by atoms with Crippen molar-refractivity contribution in [2.75, 3.05) is 16.8 Å². The zero-order chi connectivity index (χ0) is 24.1. The van der Waals surface area contributed by atoms with Gasteiger partial charge in [-0.15, -0.1) is 13.2 Å². The molecule has 0 saturated carbocycles.